The van der Waals surface area contributed by atoms with E-state index in [2.05, 4.69) is 528 Å². The van der Waals surface area contributed by atoms with Gasteiger partial charge in [-0.05, 0) is 263 Å². The molecule has 0 atom stereocenters. The Morgan fingerprint density at radius 2 is 0.375 bits per heavy atom. The molecule has 638 valence electrons. The van der Waals surface area contributed by atoms with Crippen LogP contribution in [0, 0.1) is 0 Å². The molecule has 0 aliphatic carbocycles. The third kappa shape index (κ3) is 18.9. The first-order chi connectivity index (χ1) is 60.9. The van der Waals surface area contributed by atoms with Gasteiger partial charge in [-0.1, -0.05) is 503 Å². The molecule has 0 aliphatic heterocycles. The molecule has 22 aromatic rings. The Morgan fingerprint density at radius 3 is 0.891 bits per heavy atom. The maximum absolute atomic E-state index is 2.40. The fourth-order valence-corrected chi connectivity index (χ4v) is 18.9. The molecule has 0 unspecified atom stereocenters. The Labute approximate surface area is 760 Å². The minimum Gasteiger partial charge on any atom is -0.0616 e. The van der Waals surface area contributed by atoms with Gasteiger partial charge in [-0.25, -0.2) is 0 Å². The van der Waals surface area contributed by atoms with Crippen molar-refractivity contribution in [3.63, 3.8) is 0 Å². The number of fused-ring (bicyclic) bond motifs is 16. The van der Waals surface area contributed by atoms with Crippen molar-refractivity contribution in [3.8, 4) is 0 Å². The molecule has 0 saturated carbocycles. The molecule has 0 bridgehead atoms. The fourth-order valence-electron chi connectivity index (χ4n) is 18.9. The van der Waals surface area contributed by atoms with E-state index in [0.717, 1.165) is 0 Å². The van der Waals surface area contributed by atoms with Gasteiger partial charge in [0.05, 0.1) is 0 Å². The van der Waals surface area contributed by atoms with Crippen LogP contribution in [0.25, 0.3) is 162 Å². The molecule has 0 N–H and O–H groups in total. The van der Waals surface area contributed by atoms with E-state index in [-0.39, 0.29) is 37.9 Å². The minimum atomic E-state index is 0.130. The largest absolute Gasteiger partial charge is 0.0616 e. The first-order valence-electron chi connectivity index (χ1n) is 46.1. The summed E-state index contributed by atoms with van der Waals surface area (Å²) in [6, 6.07) is 139. The summed E-state index contributed by atoms with van der Waals surface area (Å²) in [5.41, 5.74) is 11.2. The zero-order chi connectivity index (χ0) is 90.4. The van der Waals surface area contributed by atoms with Crippen LogP contribution >= 0.6 is 0 Å². The lowest BCUT2D eigenvalue weighted by Gasteiger charge is -2.24. The van der Waals surface area contributed by atoms with Gasteiger partial charge in [0, 0.05) is 0 Å². The Balaban J connectivity index is 0.000000110. The van der Waals surface area contributed by atoms with Gasteiger partial charge in [0.25, 0.3) is 0 Å². The second kappa shape index (κ2) is 35.3. The highest BCUT2D eigenvalue weighted by atomic mass is 14.3. The third-order valence-electron chi connectivity index (χ3n) is 25.8. The van der Waals surface area contributed by atoms with Gasteiger partial charge >= 0.3 is 0 Å². The predicted octanol–water partition coefficient (Wildman–Crippen LogP) is 37.6. The summed E-state index contributed by atoms with van der Waals surface area (Å²) in [4.78, 5) is 0. The monoisotopic (exact) mass is 1660 g/mol. The first-order valence-corrected chi connectivity index (χ1v) is 46.1. The van der Waals surface area contributed by atoms with E-state index in [0.29, 0.717) is 0 Å². The molecule has 0 aliphatic rings. The molecular weight excluding hydrogens is 1540 g/mol. The summed E-state index contributed by atoms with van der Waals surface area (Å²) < 4.78 is 0. The maximum Gasteiger partial charge on any atom is -0.00238 e. The van der Waals surface area contributed by atoms with E-state index < -0.39 is 0 Å². The van der Waals surface area contributed by atoms with Crippen LogP contribution in [-0.2, 0) is 37.9 Å². The van der Waals surface area contributed by atoms with Gasteiger partial charge < -0.3 is 0 Å². The average molecular weight is 1660 g/mol. The quantitative estimate of drug-likeness (QED) is 0.105. The van der Waals surface area contributed by atoms with E-state index in [9.17, 15) is 0 Å². The van der Waals surface area contributed by atoms with Crippen LogP contribution in [0.1, 0.15) is 184 Å². The maximum atomic E-state index is 2.40. The molecule has 0 nitrogen and oxygen atoms in total. The summed E-state index contributed by atoms with van der Waals surface area (Å²) in [5.74, 6) is 0. The van der Waals surface area contributed by atoms with Crippen molar-refractivity contribution in [2.75, 3.05) is 0 Å². The summed E-state index contributed by atoms with van der Waals surface area (Å²) >= 11 is 0. The highest BCUT2D eigenvalue weighted by Gasteiger charge is 2.25. The lowest BCUT2D eigenvalue weighted by molar-refractivity contribution is 0.591. The molecule has 0 heterocycles. The lowest BCUT2D eigenvalue weighted by Crippen LogP contribution is -2.12. The van der Waals surface area contributed by atoms with Crippen molar-refractivity contribution in [2.45, 2.75) is 183 Å². The van der Waals surface area contributed by atoms with Crippen LogP contribution in [0.5, 0.6) is 0 Å². The molecule has 0 saturated heterocycles. The summed E-state index contributed by atoms with van der Waals surface area (Å²) in [6.07, 6.45) is 0. The van der Waals surface area contributed by atoms with Crippen molar-refractivity contribution in [3.05, 3.63) is 421 Å². The fraction of sp³-hybridized carbons (Fsp3) is 0.219. The highest BCUT2D eigenvalue weighted by Crippen LogP contribution is 2.44. The first kappa shape index (κ1) is 88.4. The van der Waals surface area contributed by atoms with Gasteiger partial charge in [-0.2, -0.15) is 0 Å². The molecule has 128 heavy (non-hydrogen) atoms. The van der Waals surface area contributed by atoms with Crippen molar-refractivity contribution < 1.29 is 0 Å². The molecule has 0 heteroatoms. The molecule has 22 rings (SSSR count). The molecule has 0 amide bonds. The van der Waals surface area contributed by atoms with Crippen molar-refractivity contribution in [1.82, 2.24) is 0 Å². The normalized spacial score (nSPS) is 12.3. The molecule has 22 aromatic carbocycles. The molecule has 0 spiro atoms. The molecule has 0 fully saturated rings. The average Bonchev–Trinajstić information content (AvgIpc) is 0.753. The topological polar surface area (TPSA) is 0 Å². The van der Waals surface area contributed by atoms with E-state index in [1.54, 1.807) is 0 Å². The van der Waals surface area contributed by atoms with Crippen molar-refractivity contribution in [1.29, 1.82) is 0 Å². The number of hydrogen-bond acceptors (Lipinski definition) is 0. The standard InChI is InChI=1S/C22H20.C20H18.4C18H18.C14H16/c1-22(2,3)21-14-20-16-9-5-4-8-15(16)12-13-18(20)17-10-6-7-11-19(17)21;1-20(2,3)17-12-10-15-8-7-13-5-4-6-14-9-11-16(17)19(15)18(13)14;1-18(2,3)17-15-10-6-4-8-13(15)12-14-9-5-7-11-16(14)17;1-18(2,3)17-10-6-9-15-14-8-5-4-7-13(14)11-12-16(15)17;1-18(2,3)17-9-8-15-10-13-6-4-5-7-14(13)11-16(15)12-17;1-18(2,3)15-10-11-17-14(12-15)9-8-13-6-4-5-7-16(13)17;1-14(2,3)13-9-8-11-6-4-5-7-12(11)10-13/h4-14H,1-3H3;4-12H,1-3H3;4*4-12H,1-3H3;4-10H,1-3H3. The van der Waals surface area contributed by atoms with Crippen LogP contribution in [0.15, 0.2) is 382 Å². The van der Waals surface area contributed by atoms with Crippen molar-refractivity contribution in [2.24, 2.45) is 0 Å². The molecular formula is C128H126. The molecule has 0 aromatic heterocycles. The van der Waals surface area contributed by atoms with Crippen LogP contribution in [-0.4, -0.2) is 0 Å². The van der Waals surface area contributed by atoms with E-state index in [1.807, 2.05) is 0 Å². The van der Waals surface area contributed by atoms with Crippen molar-refractivity contribution >= 4 is 162 Å². The Hall–Kier alpha value is -13.0. The molecule has 0 radical (unpaired) electrons. The minimum absolute atomic E-state index is 0.130. The summed E-state index contributed by atoms with van der Waals surface area (Å²) in [5, 5.41) is 40.5. The summed E-state index contributed by atoms with van der Waals surface area (Å²) in [7, 11) is 0. The Bertz CT molecular complexity index is 7720. The zero-order valence-electron chi connectivity index (χ0n) is 79.4. The van der Waals surface area contributed by atoms with Gasteiger partial charge in [-0.3, -0.25) is 0 Å². The van der Waals surface area contributed by atoms with E-state index >= 15 is 0 Å². The van der Waals surface area contributed by atoms with Gasteiger partial charge in [0.2, 0.25) is 0 Å². The van der Waals surface area contributed by atoms with Crippen LogP contribution in [0.2, 0.25) is 0 Å². The highest BCUT2D eigenvalue weighted by molar-refractivity contribution is 6.24. The Kier molecular flexibility index (Phi) is 24.4. The van der Waals surface area contributed by atoms with E-state index in [4.69, 9.17) is 0 Å². The Morgan fingerprint density at radius 1 is 0.117 bits per heavy atom. The SMILES string of the molecule is CC(C)(C)c1c2ccccc2cc2ccccc12.CC(C)(C)c1cc2c3ccccc3ccc2c2ccccc12.CC(C)(C)c1ccc2c(ccc3ccccc32)c1.CC(C)(C)c1ccc2cc3ccccc3cc2c1.CC(C)(C)c1ccc2ccc3cccc4ccc1c2c34.CC(C)(C)c1ccc2ccccc2c1.CC(C)(C)c1cccc2c1ccc1ccccc12. The summed E-state index contributed by atoms with van der Waals surface area (Å²) in [6.45, 7) is 47.8. The van der Waals surface area contributed by atoms with E-state index in [1.165, 1.54) is 201 Å². The number of hydrogen-bond donors (Lipinski definition) is 0. The van der Waals surface area contributed by atoms with Gasteiger partial charge in [0.15, 0.2) is 0 Å². The zero-order valence-corrected chi connectivity index (χ0v) is 79.4. The van der Waals surface area contributed by atoms with Crippen LogP contribution in [0.3, 0.4) is 0 Å². The second-order valence-electron chi connectivity index (χ2n) is 42.5. The predicted molar refractivity (Wildman–Crippen MR) is 570 cm³/mol. The number of benzene rings is 22. The second-order valence-corrected chi connectivity index (χ2v) is 42.5. The van der Waals surface area contributed by atoms with Crippen LogP contribution in [0.4, 0.5) is 0 Å². The lowest BCUT2D eigenvalue weighted by atomic mass is 9.80. The van der Waals surface area contributed by atoms with Crippen LogP contribution < -0.4 is 0 Å². The smallest absolute Gasteiger partial charge is 0.00238 e. The van der Waals surface area contributed by atoms with Gasteiger partial charge in [-0.15, -0.1) is 0 Å². The third-order valence-corrected chi connectivity index (χ3v) is 25.8. The number of rotatable bonds is 0. The van der Waals surface area contributed by atoms with Gasteiger partial charge in [0.1, 0.15) is 0 Å².